The second kappa shape index (κ2) is 6.74. The molecule has 0 bridgehead atoms. The average Bonchev–Trinajstić information content (AvgIpc) is 2.86. The maximum absolute atomic E-state index is 3.52. The van der Waals surface area contributed by atoms with Gasteiger partial charge in [0, 0.05) is 9.61 Å². The van der Waals surface area contributed by atoms with Crippen LogP contribution in [-0.2, 0) is 6.42 Å². The lowest BCUT2D eigenvalue weighted by Gasteiger charge is -2.22. The quantitative estimate of drug-likeness (QED) is 0.797. The zero-order chi connectivity index (χ0) is 12.1. The fraction of sp³-hybridized carbons (Fsp3) is 0.600. The summed E-state index contributed by atoms with van der Waals surface area (Å²) in [6, 6.07) is 9.67. The van der Waals surface area contributed by atoms with Gasteiger partial charge in [-0.05, 0) is 78.9 Å². The van der Waals surface area contributed by atoms with Gasteiger partial charge >= 0.3 is 0 Å². The fourth-order valence-electron chi connectivity index (χ4n) is 2.95. The molecule has 0 saturated heterocycles. The van der Waals surface area contributed by atoms with E-state index in [1.54, 1.807) is 0 Å². The molecule has 0 aliphatic heterocycles. The third-order valence-corrected chi connectivity index (χ3v) is 4.72. The summed E-state index contributed by atoms with van der Waals surface area (Å²) in [6.07, 6.45) is 8.22. The predicted molar refractivity (Wildman–Crippen MR) is 82.3 cm³/mol. The lowest BCUT2D eigenvalue weighted by molar-refractivity contribution is 0.360. The van der Waals surface area contributed by atoms with Crippen molar-refractivity contribution in [3.05, 3.63) is 33.4 Å². The third kappa shape index (κ3) is 3.95. The summed E-state index contributed by atoms with van der Waals surface area (Å²) in [7, 11) is 2.12. The zero-order valence-corrected chi connectivity index (χ0v) is 12.7. The fourth-order valence-corrected chi connectivity index (χ4v) is 3.31. The molecule has 1 aliphatic rings. The summed E-state index contributed by atoms with van der Waals surface area (Å²) < 4.78 is 1.33. The molecule has 1 unspecified atom stereocenters. The van der Waals surface area contributed by atoms with E-state index >= 15 is 0 Å². The van der Waals surface area contributed by atoms with Crippen molar-refractivity contribution in [1.29, 1.82) is 0 Å². The van der Waals surface area contributed by atoms with Crippen LogP contribution >= 0.6 is 22.6 Å². The Bertz CT molecular complexity index is 327. The molecule has 2 rings (SSSR count). The highest BCUT2D eigenvalue weighted by Gasteiger charge is 2.23. The van der Waals surface area contributed by atoms with E-state index in [0.717, 1.165) is 12.0 Å². The molecule has 1 saturated carbocycles. The second-order valence-electron chi connectivity index (χ2n) is 5.10. The Morgan fingerprint density at radius 2 is 1.88 bits per heavy atom. The number of halogens is 1. The standard InChI is InChI=1S/C15H22IN/c1-17-15(13-4-2-3-5-13)11-8-12-6-9-14(16)10-7-12/h6-7,9-10,13,15,17H,2-5,8,11H2,1H3. The first-order valence-electron chi connectivity index (χ1n) is 6.71. The molecule has 0 heterocycles. The molecule has 1 aliphatic carbocycles. The van der Waals surface area contributed by atoms with E-state index in [1.807, 2.05) is 0 Å². The Morgan fingerprint density at radius 3 is 2.47 bits per heavy atom. The van der Waals surface area contributed by atoms with E-state index in [4.69, 9.17) is 0 Å². The van der Waals surface area contributed by atoms with Crippen molar-refractivity contribution in [2.45, 2.75) is 44.6 Å². The van der Waals surface area contributed by atoms with E-state index in [0.29, 0.717) is 0 Å². The molecular formula is C15H22IN. The van der Waals surface area contributed by atoms with Crippen LogP contribution in [0.15, 0.2) is 24.3 Å². The van der Waals surface area contributed by atoms with Crippen LogP contribution in [0.5, 0.6) is 0 Å². The van der Waals surface area contributed by atoms with Crippen molar-refractivity contribution in [1.82, 2.24) is 5.32 Å². The van der Waals surface area contributed by atoms with Gasteiger partial charge in [-0.3, -0.25) is 0 Å². The summed E-state index contributed by atoms with van der Waals surface area (Å²) >= 11 is 2.36. The van der Waals surface area contributed by atoms with E-state index in [1.165, 1.54) is 47.7 Å². The van der Waals surface area contributed by atoms with Gasteiger partial charge in [-0.15, -0.1) is 0 Å². The van der Waals surface area contributed by atoms with E-state index in [-0.39, 0.29) is 0 Å². The summed E-state index contributed by atoms with van der Waals surface area (Å²) in [5.41, 5.74) is 1.48. The van der Waals surface area contributed by atoms with Crippen molar-refractivity contribution in [2.75, 3.05) is 7.05 Å². The van der Waals surface area contributed by atoms with E-state index in [2.05, 4.69) is 59.2 Å². The Kier molecular flexibility index (Phi) is 5.29. The van der Waals surface area contributed by atoms with Crippen molar-refractivity contribution in [2.24, 2.45) is 5.92 Å². The van der Waals surface area contributed by atoms with Gasteiger partial charge in [0.1, 0.15) is 0 Å². The third-order valence-electron chi connectivity index (χ3n) is 4.00. The first-order valence-corrected chi connectivity index (χ1v) is 7.79. The topological polar surface area (TPSA) is 12.0 Å². The zero-order valence-electron chi connectivity index (χ0n) is 10.6. The lowest BCUT2D eigenvalue weighted by atomic mass is 9.93. The lowest BCUT2D eigenvalue weighted by Crippen LogP contribution is -2.32. The van der Waals surface area contributed by atoms with Crippen LogP contribution in [-0.4, -0.2) is 13.1 Å². The Labute approximate surface area is 119 Å². The van der Waals surface area contributed by atoms with Gasteiger partial charge in [0.15, 0.2) is 0 Å². The van der Waals surface area contributed by atoms with Crippen molar-refractivity contribution < 1.29 is 0 Å². The van der Waals surface area contributed by atoms with Gasteiger partial charge in [0.05, 0.1) is 0 Å². The maximum atomic E-state index is 3.52. The minimum Gasteiger partial charge on any atom is -0.317 e. The normalized spacial score (nSPS) is 18.5. The van der Waals surface area contributed by atoms with Crippen molar-refractivity contribution >= 4 is 22.6 Å². The number of hydrogen-bond acceptors (Lipinski definition) is 1. The summed E-state index contributed by atoms with van der Waals surface area (Å²) in [5.74, 6) is 0.920. The molecular weight excluding hydrogens is 321 g/mol. The maximum Gasteiger partial charge on any atom is 0.0130 e. The smallest absolute Gasteiger partial charge is 0.0130 e. The molecule has 2 heteroatoms. The molecule has 1 fully saturated rings. The van der Waals surface area contributed by atoms with E-state index in [9.17, 15) is 0 Å². The number of nitrogens with one attached hydrogen (secondary N) is 1. The summed E-state index contributed by atoms with van der Waals surface area (Å²) in [6.45, 7) is 0. The highest BCUT2D eigenvalue weighted by molar-refractivity contribution is 14.1. The van der Waals surface area contributed by atoms with Crippen LogP contribution in [0.4, 0.5) is 0 Å². The second-order valence-corrected chi connectivity index (χ2v) is 6.35. The van der Waals surface area contributed by atoms with Crippen LogP contribution < -0.4 is 5.32 Å². The Balaban J connectivity index is 1.84. The molecule has 94 valence electrons. The molecule has 0 radical (unpaired) electrons. The molecule has 1 aromatic rings. The molecule has 0 aromatic heterocycles. The molecule has 17 heavy (non-hydrogen) atoms. The minimum absolute atomic E-state index is 0.719. The van der Waals surface area contributed by atoms with Crippen LogP contribution in [0, 0.1) is 9.49 Å². The summed E-state index contributed by atoms with van der Waals surface area (Å²) in [5, 5.41) is 3.52. The van der Waals surface area contributed by atoms with Crippen molar-refractivity contribution in [3.63, 3.8) is 0 Å². The molecule has 0 spiro atoms. The minimum atomic E-state index is 0.719. The van der Waals surface area contributed by atoms with Crippen LogP contribution in [0.1, 0.15) is 37.7 Å². The van der Waals surface area contributed by atoms with Crippen molar-refractivity contribution in [3.8, 4) is 0 Å². The van der Waals surface area contributed by atoms with Gasteiger partial charge in [-0.25, -0.2) is 0 Å². The first-order chi connectivity index (χ1) is 8.29. The number of rotatable bonds is 5. The number of hydrogen-bond donors (Lipinski definition) is 1. The number of benzene rings is 1. The molecule has 1 atom stereocenters. The summed E-state index contributed by atoms with van der Waals surface area (Å²) in [4.78, 5) is 0. The van der Waals surface area contributed by atoms with Crippen LogP contribution in [0.3, 0.4) is 0 Å². The monoisotopic (exact) mass is 343 g/mol. The largest absolute Gasteiger partial charge is 0.317 e. The Hall–Kier alpha value is -0.0900. The van der Waals surface area contributed by atoms with Gasteiger partial charge in [0.2, 0.25) is 0 Å². The highest BCUT2D eigenvalue weighted by Crippen LogP contribution is 2.29. The van der Waals surface area contributed by atoms with Crippen LogP contribution in [0.2, 0.25) is 0 Å². The average molecular weight is 343 g/mol. The van der Waals surface area contributed by atoms with E-state index < -0.39 is 0 Å². The Morgan fingerprint density at radius 1 is 1.24 bits per heavy atom. The molecule has 1 aromatic carbocycles. The first kappa shape index (κ1) is 13.3. The van der Waals surface area contributed by atoms with Gasteiger partial charge in [-0.1, -0.05) is 25.0 Å². The van der Waals surface area contributed by atoms with Gasteiger partial charge in [-0.2, -0.15) is 0 Å². The SMILES string of the molecule is CNC(CCc1ccc(I)cc1)C1CCCC1. The molecule has 1 N–H and O–H groups in total. The molecule has 0 amide bonds. The van der Waals surface area contributed by atoms with Crippen LogP contribution in [0.25, 0.3) is 0 Å². The molecule has 1 nitrogen and oxygen atoms in total. The van der Waals surface area contributed by atoms with Gasteiger partial charge < -0.3 is 5.32 Å². The highest BCUT2D eigenvalue weighted by atomic mass is 127. The predicted octanol–water partition coefficient (Wildman–Crippen LogP) is 4.00. The number of aryl methyl sites for hydroxylation is 1. The van der Waals surface area contributed by atoms with Gasteiger partial charge in [0.25, 0.3) is 0 Å².